The quantitative estimate of drug-likeness (QED) is 0.743. The second kappa shape index (κ2) is 6.92. The molecule has 5 nitrogen and oxygen atoms in total. The summed E-state index contributed by atoms with van der Waals surface area (Å²) in [4.78, 5) is 19.6. The average Bonchev–Trinajstić information content (AvgIpc) is 3.03. The zero-order chi connectivity index (χ0) is 18.1. The Bertz CT molecular complexity index is 836. The molecule has 0 fully saturated rings. The van der Waals surface area contributed by atoms with Crippen LogP contribution in [0, 0.1) is 0 Å². The molecular weight excluding hydrogens is 324 g/mol. The van der Waals surface area contributed by atoms with E-state index in [-0.39, 0.29) is 18.0 Å². The van der Waals surface area contributed by atoms with Gasteiger partial charge in [-0.05, 0) is 44.8 Å². The molecule has 2 atom stereocenters. The van der Waals surface area contributed by atoms with E-state index in [2.05, 4.69) is 44.8 Å². The van der Waals surface area contributed by atoms with Crippen molar-refractivity contribution < 1.29 is 4.79 Å². The first-order chi connectivity index (χ1) is 12.6. The Hall–Kier alpha value is -2.66. The van der Waals surface area contributed by atoms with Crippen LogP contribution in [0.5, 0.6) is 0 Å². The number of dihydropyridines is 1. The van der Waals surface area contributed by atoms with Gasteiger partial charge in [0.1, 0.15) is 6.04 Å². The minimum Gasteiger partial charge on any atom is -0.374 e. The van der Waals surface area contributed by atoms with Crippen molar-refractivity contribution in [2.75, 3.05) is 27.2 Å². The normalized spacial score (nSPS) is 25.1. The van der Waals surface area contributed by atoms with Crippen molar-refractivity contribution in [2.24, 2.45) is 4.99 Å². The molecule has 134 valence electrons. The second-order valence-electron chi connectivity index (χ2n) is 7.14. The smallest absolute Gasteiger partial charge is 0.249 e. The first-order valence-corrected chi connectivity index (χ1v) is 9.09. The van der Waals surface area contributed by atoms with Crippen LogP contribution >= 0.6 is 0 Å². The highest BCUT2D eigenvalue weighted by atomic mass is 16.1. The maximum absolute atomic E-state index is 12.9. The Morgan fingerprint density at radius 2 is 2.08 bits per heavy atom. The van der Waals surface area contributed by atoms with E-state index < -0.39 is 0 Å². The number of amides is 1. The lowest BCUT2D eigenvalue weighted by atomic mass is 9.85. The van der Waals surface area contributed by atoms with E-state index in [0.29, 0.717) is 6.54 Å². The van der Waals surface area contributed by atoms with E-state index in [1.165, 1.54) is 5.57 Å². The zero-order valence-corrected chi connectivity index (χ0v) is 15.2. The van der Waals surface area contributed by atoms with Gasteiger partial charge in [0.25, 0.3) is 0 Å². The zero-order valence-electron chi connectivity index (χ0n) is 15.2. The molecule has 1 amide bonds. The molecule has 4 aliphatic rings. The van der Waals surface area contributed by atoms with Crippen LogP contribution in [0.1, 0.15) is 6.42 Å². The monoisotopic (exact) mass is 348 g/mol. The number of carbonyl (C=O) groups excluding carboxylic acids is 1. The summed E-state index contributed by atoms with van der Waals surface area (Å²) in [5, 5.41) is 6.64. The van der Waals surface area contributed by atoms with Crippen LogP contribution in [-0.4, -0.2) is 56.3 Å². The number of hydrogen-bond donors (Lipinski definition) is 2. The number of aliphatic imine (C=N–C) groups is 1. The molecule has 0 spiro atoms. The third-order valence-electron chi connectivity index (χ3n) is 5.01. The number of hydrogen-bond acceptors (Lipinski definition) is 4. The summed E-state index contributed by atoms with van der Waals surface area (Å²) in [6.45, 7) is 1.62. The molecule has 0 saturated heterocycles. The number of nitrogens with zero attached hydrogens (tertiary/aromatic N) is 2. The standard InChI is InChI=1S/C21H24N4O/c1-25(2)12-6-11-23-21(26)17-13-16-14-7-3-4-9-18(14)24-20(16)15-8-5-10-22-19(15)17/h3-5,7-10,13,18-19,24H,6,11-12H2,1-2H3,(H,23,26). The summed E-state index contributed by atoms with van der Waals surface area (Å²) in [6.07, 6.45) is 17.1. The number of fused-ring (bicyclic) bond motifs is 3. The Morgan fingerprint density at radius 3 is 2.92 bits per heavy atom. The number of rotatable bonds is 5. The van der Waals surface area contributed by atoms with Gasteiger partial charge in [0.05, 0.1) is 6.04 Å². The van der Waals surface area contributed by atoms with Gasteiger partial charge in [-0.1, -0.05) is 30.4 Å². The minimum absolute atomic E-state index is 0.0235. The molecule has 0 aromatic rings. The van der Waals surface area contributed by atoms with E-state index >= 15 is 0 Å². The van der Waals surface area contributed by atoms with E-state index in [9.17, 15) is 4.79 Å². The molecule has 2 N–H and O–H groups in total. The number of nitrogens with one attached hydrogen (secondary N) is 2. The van der Waals surface area contributed by atoms with Crippen molar-refractivity contribution in [3.8, 4) is 0 Å². The molecule has 0 radical (unpaired) electrons. The first-order valence-electron chi connectivity index (χ1n) is 9.09. The van der Waals surface area contributed by atoms with Crippen molar-refractivity contribution >= 4 is 12.1 Å². The Morgan fingerprint density at radius 1 is 1.23 bits per heavy atom. The maximum Gasteiger partial charge on any atom is 0.249 e. The van der Waals surface area contributed by atoms with Crippen LogP contribution < -0.4 is 10.6 Å². The van der Waals surface area contributed by atoms with Gasteiger partial charge in [0.2, 0.25) is 5.91 Å². The largest absolute Gasteiger partial charge is 0.374 e. The molecular formula is C21H24N4O. The highest BCUT2D eigenvalue weighted by Crippen LogP contribution is 2.39. The maximum atomic E-state index is 12.9. The minimum atomic E-state index is -0.228. The molecule has 0 bridgehead atoms. The molecule has 5 heteroatoms. The van der Waals surface area contributed by atoms with Gasteiger partial charge >= 0.3 is 0 Å². The third kappa shape index (κ3) is 2.99. The van der Waals surface area contributed by atoms with Crippen molar-refractivity contribution in [1.29, 1.82) is 0 Å². The van der Waals surface area contributed by atoms with Gasteiger partial charge in [-0.15, -0.1) is 0 Å². The van der Waals surface area contributed by atoms with E-state index in [1.54, 1.807) is 6.21 Å². The first kappa shape index (κ1) is 16.8. The molecule has 2 unspecified atom stereocenters. The number of carbonyl (C=O) groups is 1. The summed E-state index contributed by atoms with van der Waals surface area (Å²) >= 11 is 0. The van der Waals surface area contributed by atoms with Gasteiger partial charge in [-0.2, -0.15) is 0 Å². The van der Waals surface area contributed by atoms with Gasteiger partial charge in [-0.3, -0.25) is 9.79 Å². The fourth-order valence-corrected chi connectivity index (χ4v) is 3.74. The van der Waals surface area contributed by atoms with Crippen LogP contribution in [0.2, 0.25) is 0 Å². The van der Waals surface area contributed by atoms with Crippen molar-refractivity contribution in [2.45, 2.75) is 18.5 Å². The van der Waals surface area contributed by atoms with Gasteiger partial charge < -0.3 is 15.5 Å². The molecule has 0 saturated carbocycles. The van der Waals surface area contributed by atoms with E-state index in [4.69, 9.17) is 0 Å². The number of allylic oxidation sites excluding steroid dienone is 4. The Kier molecular flexibility index (Phi) is 4.47. The summed E-state index contributed by atoms with van der Waals surface area (Å²) < 4.78 is 0. The molecule has 2 aliphatic heterocycles. The molecule has 0 aromatic carbocycles. The Balaban J connectivity index is 1.62. The van der Waals surface area contributed by atoms with E-state index in [1.807, 2.05) is 32.3 Å². The second-order valence-corrected chi connectivity index (χ2v) is 7.14. The van der Waals surface area contributed by atoms with Crippen LogP contribution in [0.3, 0.4) is 0 Å². The highest BCUT2D eigenvalue weighted by molar-refractivity contribution is 5.98. The third-order valence-corrected chi connectivity index (χ3v) is 5.01. The fraction of sp³-hybridized carbons (Fsp3) is 0.333. The molecule has 26 heavy (non-hydrogen) atoms. The van der Waals surface area contributed by atoms with Crippen LogP contribution in [-0.2, 0) is 4.79 Å². The fourth-order valence-electron chi connectivity index (χ4n) is 3.74. The highest BCUT2D eigenvalue weighted by Gasteiger charge is 2.36. The molecule has 2 heterocycles. The van der Waals surface area contributed by atoms with Gasteiger partial charge in [-0.25, -0.2) is 0 Å². The molecule has 4 rings (SSSR count). The lowest BCUT2D eigenvalue weighted by Crippen LogP contribution is -2.35. The van der Waals surface area contributed by atoms with Gasteiger partial charge in [0, 0.05) is 35.2 Å². The van der Waals surface area contributed by atoms with Crippen molar-refractivity contribution in [3.05, 3.63) is 70.5 Å². The predicted molar refractivity (Wildman–Crippen MR) is 105 cm³/mol. The molecule has 0 aromatic heterocycles. The van der Waals surface area contributed by atoms with Crippen molar-refractivity contribution in [3.63, 3.8) is 0 Å². The molecule has 2 aliphatic carbocycles. The average molecular weight is 348 g/mol. The summed E-state index contributed by atoms with van der Waals surface area (Å²) in [6, 6.07) is -0.0509. The summed E-state index contributed by atoms with van der Waals surface area (Å²) in [5.74, 6) is -0.0235. The SMILES string of the molecule is CN(C)CCCNC(=O)C1=CC2=C3C=CC=CC3NC2=C2C=CC=NC12. The lowest BCUT2D eigenvalue weighted by molar-refractivity contribution is -0.117. The topological polar surface area (TPSA) is 56.7 Å². The van der Waals surface area contributed by atoms with Crippen LogP contribution in [0.15, 0.2) is 75.5 Å². The van der Waals surface area contributed by atoms with E-state index in [0.717, 1.165) is 35.4 Å². The lowest BCUT2D eigenvalue weighted by Gasteiger charge is -2.26. The van der Waals surface area contributed by atoms with Crippen LogP contribution in [0.25, 0.3) is 0 Å². The van der Waals surface area contributed by atoms with Gasteiger partial charge in [0.15, 0.2) is 0 Å². The Labute approximate surface area is 154 Å². The van der Waals surface area contributed by atoms with Crippen LogP contribution in [0.4, 0.5) is 0 Å². The summed E-state index contributed by atoms with van der Waals surface area (Å²) in [5.41, 5.74) is 5.23. The van der Waals surface area contributed by atoms with Crippen molar-refractivity contribution in [1.82, 2.24) is 15.5 Å². The summed E-state index contributed by atoms with van der Waals surface area (Å²) in [7, 11) is 4.08. The predicted octanol–water partition coefficient (Wildman–Crippen LogP) is 1.65.